The first kappa shape index (κ1) is 14.5. The van der Waals surface area contributed by atoms with Gasteiger partial charge in [0.1, 0.15) is 11.5 Å². The average Bonchev–Trinajstić information content (AvgIpc) is 2.76. The Hall–Kier alpha value is -0.870. The van der Waals surface area contributed by atoms with Gasteiger partial charge in [-0.1, -0.05) is 6.07 Å². The van der Waals surface area contributed by atoms with Crippen LogP contribution in [0.4, 0.5) is 5.69 Å². The number of furan rings is 1. The Kier molecular flexibility index (Phi) is 4.99. The molecule has 1 aromatic carbocycles. The van der Waals surface area contributed by atoms with Gasteiger partial charge in [-0.15, -0.1) is 0 Å². The van der Waals surface area contributed by atoms with Crippen molar-refractivity contribution in [2.24, 2.45) is 0 Å². The molecule has 0 bridgehead atoms. The number of rotatable bonds is 5. The third-order valence-electron chi connectivity index (χ3n) is 2.88. The minimum atomic E-state index is 0.705. The lowest BCUT2D eigenvalue weighted by Crippen LogP contribution is -2.01. The van der Waals surface area contributed by atoms with Crippen LogP contribution in [-0.4, -0.2) is 6.26 Å². The summed E-state index contributed by atoms with van der Waals surface area (Å²) >= 11 is 5.37. The topological polar surface area (TPSA) is 25.2 Å². The normalized spacial score (nSPS) is 10.7. The van der Waals surface area contributed by atoms with E-state index in [1.165, 1.54) is 11.1 Å². The first-order valence-electron chi connectivity index (χ1n) is 6.17. The Morgan fingerprint density at radius 3 is 2.63 bits per heavy atom. The molecule has 0 saturated heterocycles. The molecule has 2 rings (SSSR count). The lowest BCUT2D eigenvalue weighted by molar-refractivity contribution is 0.487. The van der Waals surface area contributed by atoms with Crippen LogP contribution in [0.15, 0.2) is 33.2 Å². The Bertz CT molecular complexity index is 542. The van der Waals surface area contributed by atoms with Gasteiger partial charge in [-0.05, 0) is 65.4 Å². The molecule has 1 N–H and O–H groups in total. The second-order valence-electron chi connectivity index (χ2n) is 4.59. The van der Waals surface area contributed by atoms with Crippen LogP contribution in [0.1, 0.15) is 22.6 Å². The summed E-state index contributed by atoms with van der Waals surface area (Å²) < 4.78 is 6.85. The molecule has 0 atom stereocenters. The van der Waals surface area contributed by atoms with Gasteiger partial charge >= 0.3 is 0 Å². The Balaban J connectivity index is 2.05. The summed E-state index contributed by atoms with van der Waals surface area (Å²) in [6, 6.07) is 8.38. The number of thioether (sulfide) groups is 1. The molecular formula is C15H18BrNOS. The zero-order chi connectivity index (χ0) is 13.8. The Morgan fingerprint density at radius 1 is 1.21 bits per heavy atom. The molecule has 1 aromatic heterocycles. The SMILES string of the molecule is CSCc1ccc(CNc2c(C)cc(C)cc2Br)o1. The summed E-state index contributed by atoms with van der Waals surface area (Å²) in [5.74, 6) is 2.92. The maximum atomic E-state index is 5.75. The minimum Gasteiger partial charge on any atom is -0.463 e. The average molecular weight is 340 g/mol. The van der Waals surface area contributed by atoms with E-state index >= 15 is 0 Å². The van der Waals surface area contributed by atoms with Crippen molar-refractivity contribution in [3.8, 4) is 0 Å². The minimum absolute atomic E-state index is 0.705. The summed E-state index contributed by atoms with van der Waals surface area (Å²) in [7, 11) is 0. The van der Waals surface area contributed by atoms with Crippen LogP contribution in [0, 0.1) is 13.8 Å². The molecule has 4 heteroatoms. The molecule has 0 aliphatic carbocycles. The standard InChI is InChI=1S/C15H18BrNOS/c1-10-6-11(2)15(14(16)7-10)17-8-12-4-5-13(18-12)9-19-3/h4-7,17H,8-9H2,1-3H3. The van der Waals surface area contributed by atoms with Crippen molar-refractivity contribution >= 4 is 33.4 Å². The Labute approximate surface area is 127 Å². The van der Waals surface area contributed by atoms with Crippen molar-refractivity contribution in [1.29, 1.82) is 0 Å². The van der Waals surface area contributed by atoms with Gasteiger partial charge in [0, 0.05) is 4.47 Å². The van der Waals surface area contributed by atoms with Gasteiger partial charge < -0.3 is 9.73 Å². The summed E-state index contributed by atoms with van der Waals surface area (Å²) in [5.41, 5.74) is 3.63. The predicted octanol–water partition coefficient (Wildman–Crippen LogP) is 5.13. The molecule has 0 spiro atoms. The van der Waals surface area contributed by atoms with Crippen molar-refractivity contribution in [1.82, 2.24) is 0 Å². The molecular weight excluding hydrogens is 322 g/mol. The molecule has 0 fully saturated rings. The van der Waals surface area contributed by atoms with Crippen LogP contribution >= 0.6 is 27.7 Å². The number of nitrogens with one attached hydrogen (secondary N) is 1. The van der Waals surface area contributed by atoms with Crippen molar-refractivity contribution in [2.45, 2.75) is 26.1 Å². The first-order valence-corrected chi connectivity index (χ1v) is 8.36. The summed E-state index contributed by atoms with van der Waals surface area (Å²) in [5, 5.41) is 3.43. The maximum Gasteiger partial charge on any atom is 0.123 e. The molecule has 2 nitrogen and oxygen atoms in total. The number of halogens is 1. The molecule has 2 aromatic rings. The molecule has 0 saturated carbocycles. The fourth-order valence-corrected chi connectivity index (χ4v) is 3.31. The number of hydrogen-bond acceptors (Lipinski definition) is 3. The second-order valence-corrected chi connectivity index (χ2v) is 6.31. The van der Waals surface area contributed by atoms with E-state index in [4.69, 9.17) is 4.42 Å². The lowest BCUT2D eigenvalue weighted by Gasteiger charge is -2.11. The molecule has 0 amide bonds. The second kappa shape index (κ2) is 6.53. The van der Waals surface area contributed by atoms with Crippen molar-refractivity contribution in [3.05, 3.63) is 51.4 Å². The highest BCUT2D eigenvalue weighted by molar-refractivity contribution is 9.10. The van der Waals surface area contributed by atoms with Crippen molar-refractivity contribution in [2.75, 3.05) is 11.6 Å². The van der Waals surface area contributed by atoms with E-state index in [9.17, 15) is 0 Å². The summed E-state index contributed by atoms with van der Waals surface area (Å²) in [6.07, 6.45) is 2.08. The fourth-order valence-electron chi connectivity index (χ4n) is 2.05. The van der Waals surface area contributed by atoms with E-state index < -0.39 is 0 Å². The number of hydrogen-bond donors (Lipinski definition) is 1. The lowest BCUT2D eigenvalue weighted by atomic mass is 10.1. The molecule has 0 unspecified atom stereocenters. The van der Waals surface area contributed by atoms with Gasteiger partial charge in [0.05, 0.1) is 18.0 Å². The van der Waals surface area contributed by atoms with Gasteiger partial charge in [-0.3, -0.25) is 0 Å². The van der Waals surface area contributed by atoms with Crippen molar-refractivity contribution < 1.29 is 4.42 Å². The fraction of sp³-hybridized carbons (Fsp3) is 0.333. The van der Waals surface area contributed by atoms with E-state index in [0.717, 1.165) is 27.4 Å². The van der Waals surface area contributed by atoms with Crippen LogP contribution in [0.5, 0.6) is 0 Å². The molecule has 0 radical (unpaired) electrons. The highest BCUT2D eigenvalue weighted by Gasteiger charge is 2.06. The van der Waals surface area contributed by atoms with Crippen LogP contribution in [0.2, 0.25) is 0 Å². The Morgan fingerprint density at radius 2 is 1.95 bits per heavy atom. The van der Waals surface area contributed by atoms with Crippen molar-refractivity contribution in [3.63, 3.8) is 0 Å². The predicted molar refractivity (Wildman–Crippen MR) is 86.9 cm³/mol. The highest BCUT2D eigenvalue weighted by Crippen LogP contribution is 2.28. The van der Waals surface area contributed by atoms with Crippen LogP contribution < -0.4 is 5.32 Å². The van der Waals surface area contributed by atoms with E-state index in [1.807, 2.05) is 12.1 Å². The van der Waals surface area contributed by atoms with E-state index in [1.54, 1.807) is 11.8 Å². The molecule has 0 aliphatic rings. The number of aryl methyl sites for hydroxylation is 2. The van der Waals surface area contributed by atoms with Gasteiger partial charge in [-0.25, -0.2) is 0 Å². The smallest absolute Gasteiger partial charge is 0.123 e. The molecule has 19 heavy (non-hydrogen) atoms. The summed E-state index contributed by atoms with van der Waals surface area (Å²) in [4.78, 5) is 0. The van der Waals surface area contributed by atoms with E-state index in [-0.39, 0.29) is 0 Å². The van der Waals surface area contributed by atoms with Gasteiger partial charge in [0.2, 0.25) is 0 Å². The maximum absolute atomic E-state index is 5.75. The van der Waals surface area contributed by atoms with Gasteiger partial charge in [-0.2, -0.15) is 11.8 Å². The molecule has 1 heterocycles. The number of anilines is 1. The van der Waals surface area contributed by atoms with E-state index in [0.29, 0.717) is 6.54 Å². The van der Waals surface area contributed by atoms with Crippen LogP contribution in [0.3, 0.4) is 0 Å². The zero-order valence-corrected chi connectivity index (χ0v) is 13.8. The zero-order valence-electron chi connectivity index (χ0n) is 11.4. The van der Waals surface area contributed by atoms with Crippen LogP contribution in [0.25, 0.3) is 0 Å². The highest BCUT2D eigenvalue weighted by atomic mass is 79.9. The third kappa shape index (κ3) is 3.80. The van der Waals surface area contributed by atoms with E-state index in [2.05, 4.69) is 53.5 Å². The quantitative estimate of drug-likeness (QED) is 0.816. The van der Waals surface area contributed by atoms with Gasteiger partial charge in [0.15, 0.2) is 0 Å². The van der Waals surface area contributed by atoms with Crippen LogP contribution in [-0.2, 0) is 12.3 Å². The largest absolute Gasteiger partial charge is 0.463 e. The summed E-state index contributed by atoms with van der Waals surface area (Å²) in [6.45, 7) is 4.92. The number of benzene rings is 1. The molecule has 102 valence electrons. The first-order chi connectivity index (χ1) is 9.10. The molecule has 0 aliphatic heterocycles. The third-order valence-corrected chi connectivity index (χ3v) is 4.07. The monoisotopic (exact) mass is 339 g/mol. The van der Waals surface area contributed by atoms with Gasteiger partial charge in [0.25, 0.3) is 0 Å².